The fourth-order valence-electron chi connectivity index (χ4n) is 0.933. The van der Waals surface area contributed by atoms with Gasteiger partial charge in [-0.15, -0.1) is 0 Å². The molecule has 4 nitrogen and oxygen atoms in total. The van der Waals surface area contributed by atoms with E-state index >= 15 is 0 Å². The van der Waals surface area contributed by atoms with Gasteiger partial charge in [0.15, 0.2) is 0 Å². The van der Waals surface area contributed by atoms with E-state index in [9.17, 15) is 4.79 Å². The first-order valence-electron chi connectivity index (χ1n) is 3.92. The summed E-state index contributed by atoms with van der Waals surface area (Å²) in [7, 11) is -0.801. The van der Waals surface area contributed by atoms with E-state index < -0.39 is 24.5 Å². The molecule has 0 fully saturated rings. The fourth-order valence-corrected chi connectivity index (χ4v) is 0.933. The Balaban J connectivity index is 4.35. The lowest BCUT2D eigenvalue weighted by Crippen LogP contribution is -2.51. The largest absolute Gasteiger partial charge is 0.480 e. The molecule has 0 saturated heterocycles. The van der Waals surface area contributed by atoms with Gasteiger partial charge in [-0.3, -0.25) is 4.79 Å². The number of carboxylic acids is 1. The van der Waals surface area contributed by atoms with Crippen molar-refractivity contribution in [3.63, 3.8) is 0 Å². The molecule has 0 aliphatic carbocycles. The summed E-state index contributed by atoms with van der Waals surface area (Å²) in [6.45, 7) is 6.92. The standard InChI is InChI=1S/C7H16BNO3/c1-7(2,3)5(6(10)11)9-8(4)12/h5,9,12H,1-4H3,(H,10,11). The van der Waals surface area contributed by atoms with Gasteiger partial charge >= 0.3 is 13.0 Å². The maximum atomic E-state index is 10.7. The fraction of sp³-hybridized carbons (Fsp3) is 0.857. The molecule has 5 heteroatoms. The van der Waals surface area contributed by atoms with Gasteiger partial charge in [-0.1, -0.05) is 20.8 Å². The van der Waals surface area contributed by atoms with E-state index in [-0.39, 0.29) is 0 Å². The van der Waals surface area contributed by atoms with Crippen LogP contribution >= 0.6 is 0 Å². The average Bonchev–Trinajstić information content (AvgIpc) is 1.79. The first kappa shape index (κ1) is 11.5. The monoisotopic (exact) mass is 173 g/mol. The van der Waals surface area contributed by atoms with Gasteiger partial charge in [0.2, 0.25) is 0 Å². The van der Waals surface area contributed by atoms with Gasteiger partial charge in [0.05, 0.1) is 0 Å². The number of rotatable bonds is 3. The molecule has 0 bridgehead atoms. The van der Waals surface area contributed by atoms with Crippen LogP contribution in [0.2, 0.25) is 6.82 Å². The second-order valence-corrected chi connectivity index (χ2v) is 3.98. The quantitative estimate of drug-likeness (QED) is 0.532. The summed E-state index contributed by atoms with van der Waals surface area (Å²) in [4.78, 5) is 10.7. The van der Waals surface area contributed by atoms with E-state index in [2.05, 4.69) is 5.23 Å². The summed E-state index contributed by atoms with van der Waals surface area (Å²) < 4.78 is 0. The second-order valence-electron chi connectivity index (χ2n) is 3.98. The molecule has 0 amide bonds. The third kappa shape index (κ3) is 3.73. The van der Waals surface area contributed by atoms with Crippen LogP contribution < -0.4 is 5.23 Å². The summed E-state index contributed by atoms with van der Waals surface area (Å²) >= 11 is 0. The zero-order chi connectivity index (χ0) is 9.94. The van der Waals surface area contributed by atoms with Crippen LogP contribution in [0.3, 0.4) is 0 Å². The van der Waals surface area contributed by atoms with Crippen molar-refractivity contribution in [2.75, 3.05) is 0 Å². The lowest BCUT2D eigenvalue weighted by Gasteiger charge is -2.28. The van der Waals surface area contributed by atoms with Crippen LogP contribution in [-0.2, 0) is 4.79 Å². The Labute approximate surface area is 73.1 Å². The highest BCUT2D eigenvalue weighted by molar-refractivity contribution is 6.46. The number of carboxylic acid groups (broad SMARTS) is 1. The molecule has 70 valence electrons. The molecule has 1 atom stereocenters. The molecule has 0 aliphatic rings. The highest BCUT2D eigenvalue weighted by atomic mass is 16.4. The third-order valence-corrected chi connectivity index (χ3v) is 1.52. The second kappa shape index (κ2) is 3.91. The van der Waals surface area contributed by atoms with Crippen LogP contribution in [0.1, 0.15) is 20.8 Å². The van der Waals surface area contributed by atoms with Crippen molar-refractivity contribution < 1.29 is 14.9 Å². The molecule has 0 aromatic carbocycles. The Morgan fingerprint density at radius 1 is 1.50 bits per heavy atom. The summed E-state index contributed by atoms with van der Waals surface area (Å²) in [5.74, 6) is -0.941. The van der Waals surface area contributed by atoms with E-state index in [0.717, 1.165) is 0 Å². The number of hydrogen-bond acceptors (Lipinski definition) is 3. The van der Waals surface area contributed by atoms with Gasteiger partial charge in [0.25, 0.3) is 0 Å². The van der Waals surface area contributed by atoms with Crippen molar-refractivity contribution in [2.24, 2.45) is 5.41 Å². The van der Waals surface area contributed by atoms with E-state index in [1.165, 1.54) is 6.82 Å². The zero-order valence-electron chi connectivity index (χ0n) is 7.96. The van der Waals surface area contributed by atoms with Gasteiger partial charge in [0, 0.05) is 0 Å². The Hall–Kier alpha value is -0.545. The van der Waals surface area contributed by atoms with Crippen molar-refractivity contribution in [1.29, 1.82) is 0 Å². The zero-order valence-corrected chi connectivity index (χ0v) is 7.96. The van der Waals surface area contributed by atoms with Crippen LogP contribution in [0.15, 0.2) is 0 Å². The number of hydrogen-bond donors (Lipinski definition) is 3. The van der Waals surface area contributed by atoms with Crippen molar-refractivity contribution in [3.05, 3.63) is 0 Å². The molecule has 0 spiro atoms. The minimum atomic E-state index is -0.941. The van der Waals surface area contributed by atoms with Crippen molar-refractivity contribution in [1.82, 2.24) is 5.23 Å². The van der Waals surface area contributed by atoms with Crippen LogP contribution in [-0.4, -0.2) is 29.2 Å². The first-order chi connectivity index (χ1) is 5.25. The predicted molar refractivity (Wildman–Crippen MR) is 47.9 cm³/mol. The van der Waals surface area contributed by atoms with Crippen LogP contribution in [0, 0.1) is 5.41 Å². The van der Waals surface area contributed by atoms with E-state index in [1.807, 2.05) is 0 Å². The van der Waals surface area contributed by atoms with E-state index in [0.29, 0.717) is 0 Å². The normalized spacial score (nSPS) is 14.1. The summed E-state index contributed by atoms with van der Waals surface area (Å²) in [5, 5.41) is 20.3. The van der Waals surface area contributed by atoms with Crippen molar-refractivity contribution in [3.8, 4) is 0 Å². The molecule has 0 heterocycles. The maximum absolute atomic E-state index is 10.7. The van der Waals surface area contributed by atoms with Gasteiger partial charge in [-0.25, -0.2) is 0 Å². The van der Waals surface area contributed by atoms with Crippen LogP contribution in [0.5, 0.6) is 0 Å². The Morgan fingerprint density at radius 2 is 1.92 bits per heavy atom. The highest BCUT2D eigenvalue weighted by Crippen LogP contribution is 2.19. The Morgan fingerprint density at radius 3 is 2.00 bits per heavy atom. The minimum Gasteiger partial charge on any atom is -0.480 e. The Kier molecular flexibility index (Phi) is 3.74. The molecular weight excluding hydrogens is 157 g/mol. The summed E-state index contributed by atoms with van der Waals surface area (Å²) in [6, 6.07) is -0.725. The molecule has 3 N–H and O–H groups in total. The number of aliphatic carboxylic acids is 1. The van der Waals surface area contributed by atoms with Crippen molar-refractivity contribution >= 4 is 13.0 Å². The van der Waals surface area contributed by atoms with Gasteiger partial charge in [-0.05, 0) is 12.2 Å². The SMILES string of the molecule is CB(O)NC(C(=O)O)C(C)(C)C. The molecular formula is C7H16BNO3. The highest BCUT2D eigenvalue weighted by Gasteiger charge is 2.32. The molecule has 0 aromatic rings. The number of carbonyl (C=O) groups is 1. The average molecular weight is 173 g/mol. The maximum Gasteiger partial charge on any atom is 0.374 e. The third-order valence-electron chi connectivity index (χ3n) is 1.52. The van der Waals surface area contributed by atoms with Crippen LogP contribution in [0.4, 0.5) is 0 Å². The van der Waals surface area contributed by atoms with Crippen molar-refractivity contribution in [2.45, 2.75) is 33.6 Å². The molecule has 0 aliphatic heterocycles. The molecule has 0 rings (SSSR count). The summed E-state index contributed by atoms with van der Waals surface area (Å²) in [6.07, 6.45) is 0. The lowest BCUT2D eigenvalue weighted by molar-refractivity contribution is -0.141. The van der Waals surface area contributed by atoms with Gasteiger partial charge < -0.3 is 15.4 Å². The molecule has 1 unspecified atom stereocenters. The van der Waals surface area contributed by atoms with E-state index in [1.54, 1.807) is 20.8 Å². The molecule has 0 saturated carbocycles. The van der Waals surface area contributed by atoms with Crippen LogP contribution in [0.25, 0.3) is 0 Å². The summed E-state index contributed by atoms with van der Waals surface area (Å²) in [5.41, 5.74) is -0.400. The minimum absolute atomic E-state index is 0.400. The Bertz CT molecular complexity index is 165. The predicted octanol–water partition coefficient (Wildman–Crippen LogP) is 0.186. The van der Waals surface area contributed by atoms with Gasteiger partial charge in [0.1, 0.15) is 6.04 Å². The lowest BCUT2D eigenvalue weighted by atomic mass is 9.79. The van der Waals surface area contributed by atoms with E-state index in [4.69, 9.17) is 10.1 Å². The molecule has 0 radical (unpaired) electrons. The molecule has 0 aromatic heterocycles. The number of nitrogens with one attached hydrogen (secondary N) is 1. The first-order valence-corrected chi connectivity index (χ1v) is 3.92. The van der Waals surface area contributed by atoms with Gasteiger partial charge in [-0.2, -0.15) is 0 Å². The topological polar surface area (TPSA) is 69.6 Å². The molecule has 12 heavy (non-hydrogen) atoms. The smallest absolute Gasteiger partial charge is 0.374 e.